The molecule has 0 heterocycles. The molecule has 0 amide bonds. The predicted molar refractivity (Wildman–Crippen MR) is 42.6 cm³/mol. The van der Waals surface area contributed by atoms with Gasteiger partial charge in [0.1, 0.15) is 0 Å². The van der Waals surface area contributed by atoms with Gasteiger partial charge in [0, 0.05) is 0 Å². The summed E-state index contributed by atoms with van der Waals surface area (Å²) in [5, 5.41) is 0. The first kappa shape index (κ1) is 7.25. The van der Waals surface area contributed by atoms with Crippen molar-refractivity contribution in [2.75, 3.05) is 7.05 Å². The topological polar surface area (TPSA) is 26.1 Å². The maximum Gasteiger partial charge on any atom is -0.0342 e. The Labute approximate surface area is 61.2 Å². The Balaban J connectivity index is 2.43. The molecule has 0 aliphatic heterocycles. The van der Waals surface area contributed by atoms with Gasteiger partial charge in [-0.05, 0) is 7.05 Å². The van der Waals surface area contributed by atoms with E-state index in [1.807, 2.05) is 25.2 Å². The van der Waals surface area contributed by atoms with Crippen LogP contribution in [0, 0.1) is 0 Å². The van der Waals surface area contributed by atoms with Crippen molar-refractivity contribution in [3.63, 3.8) is 0 Å². The molecule has 10 heavy (non-hydrogen) atoms. The Bertz CT molecular complexity index is 172. The van der Waals surface area contributed by atoms with Crippen molar-refractivity contribution in [3.05, 3.63) is 41.3 Å². The minimum atomic E-state index is 0.747. The third kappa shape index (κ3) is 2.17. The van der Waals surface area contributed by atoms with E-state index in [1.165, 1.54) is 5.56 Å². The highest BCUT2D eigenvalue weighted by molar-refractivity contribution is 5.16. The molecule has 1 aromatic carbocycles. The fraction of sp³-hybridized carbons (Fsp3) is 0.250. The highest BCUT2D eigenvalue weighted by Crippen LogP contribution is 2.00. The van der Waals surface area contributed by atoms with Crippen LogP contribution < -0.4 is 5.43 Å². The Morgan fingerprint density at radius 2 is 2.00 bits per heavy atom. The Morgan fingerprint density at radius 1 is 1.30 bits per heavy atom. The molecule has 0 aliphatic carbocycles. The zero-order valence-corrected chi connectivity index (χ0v) is 6.04. The average Bonchev–Trinajstić information content (AvgIpc) is 2.03. The number of nitrogens with one attached hydrogen (secondary N) is 1. The summed E-state index contributed by atoms with van der Waals surface area (Å²) in [6.07, 6.45) is 0. The van der Waals surface area contributed by atoms with Crippen molar-refractivity contribution >= 4 is 0 Å². The number of hydrogen-bond donors (Lipinski definition) is 1. The van der Waals surface area contributed by atoms with Crippen LogP contribution in [0.1, 0.15) is 5.56 Å². The summed E-state index contributed by atoms with van der Waals surface area (Å²) in [4.78, 5) is 0. The van der Waals surface area contributed by atoms with Gasteiger partial charge in [-0.1, -0.05) is 35.9 Å². The van der Waals surface area contributed by atoms with Gasteiger partial charge < -0.3 is 10.9 Å². The molecule has 0 fully saturated rings. The zero-order chi connectivity index (χ0) is 7.23. The molecule has 2 heteroatoms. The second-order valence-electron chi connectivity index (χ2n) is 2.03. The summed E-state index contributed by atoms with van der Waals surface area (Å²) in [5.74, 6) is 0. The fourth-order valence-electron chi connectivity index (χ4n) is 0.754. The highest BCUT2D eigenvalue weighted by Gasteiger charge is 1.78. The Morgan fingerprint density at radius 3 is 2.60 bits per heavy atom. The van der Waals surface area contributed by atoms with Crippen LogP contribution >= 0.6 is 0 Å². The molecule has 0 unspecified atom stereocenters. The number of nitrogens with zero attached hydrogens (tertiary/aromatic N) is 1. The van der Waals surface area contributed by atoms with E-state index in [0.717, 1.165) is 6.54 Å². The number of rotatable bonds is 3. The van der Waals surface area contributed by atoms with Crippen LogP contribution in [0.25, 0.3) is 5.43 Å². The van der Waals surface area contributed by atoms with Gasteiger partial charge in [0.15, 0.2) is 0 Å². The van der Waals surface area contributed by atoms with Crippen LogP contribution in [-0.4, -0.2) is 7.05 Å². The average molecular weight is 135 g/mol. The summed E-state index contributed by atoms with van der Waals surface area (Å²) in [6.45, 7) is 0.747. The molecule has 0 atom stereocenters. The Kier molecular flexibility index (Phi) is 2.93. The molecule has 1 rings (SSSR count). The van der Waals surface area contributed by atoms with Crippen LogP contribution in [0.3, 0.4) is 0 Å². The van der Waals surface area contributed by atoms with Crippen LogP contribution in [0.5, 0.6) is 0 Å². The van der Waals surface area contributed by atoms with E-state index in [2.05, 4.69) is 23.0 Å². The molecule has 54 valence electrons. The molecule has 0 aliphatic rings. The lowest BCUT2D eigenvalue weighted by Gasteiger charge is -2.16. The van der Waals surface area contributed by atoms with E-state index in [1.54, 1.807) is 0 Å². The van der Waals surface area contributed by atoms with E-state index < -0.39 is 0 Å². The summed E-state index contributed by atoms with van der Waals surface area (Å²) >= 11 is 0. The lowest BCUT2D eigenvalue weighted by atomic mass is 10.2. The smallest absolute Gasteiger partial charge is 0.0342 e. The van der Waals surface area contributed by atoms with Crippen molar-refractivity contribution in [1.82, 2.24) is 5.43 Å². The first-order valence-corrected chi connectivity index (χ1v) is 3.30. The van der Waals surface area contributed by atoms with E-state index in [9.17, 15) is 0 Å². The molecular formula is C8H11N2-. The van der Waals surface area contributed by atoms with Gasteiger partial charge in [0.25, 0.3) is 0 Å². The first-order chi connectivity index (χ1) is 4.93. The second-order valence-corrected chi connectivity index (χ2v) is 2.03. The first-order valence-electron chi connectivity index (χ1n) is 3.30. The van der Waals surface area contributed by atoms with Gasteiger partial charge in [0.05, 0.1) is 0 Å². The molecule has 0 aromatic heterocycles. The van der Waals surface area contributed by atoms with Gasteiger partial charge in [-0.15, -0.1) is 6.54 Å². The molecule has 2 nitrogen and oxygen atoms in total. The van der Waals surface area contributed by atoms with Crippen LogP contribution in [-0.2, 0) is 6.54 Å². The summed E-state index contributed by atoms with van der Waals surface area (Å²) < 4.78 is 0. The van der Waals surface area contributed by atoms with Crippen molar-refractivity contribution in [2.45, 2.75) is 6.54 Å². The van der Waals surface area contributed by atoms with E-state index in [0.29, 0.717) is 0 Å². The quantitative estimate of drug-likeness (QED) is 0.627. The van der Waals surface area contributed by atoms with Crippen molar-refractivity contribution in [2.24, 2.45) is 0 Å². The fourth-order valence-corrected chi connectivity index (χ4v) is 0.754. The van der Waals surface area contributed by atoms with Gasteiger partial charge >= 0.3 is 0 Å². The van der Waals surface area contributed by atoms with Crippen molar-refractivity contribution < 1.29 is 0 Å². The monoisotopic (exact) mass is 135 g/mol. The molecule has 1 N–H and O–H groups in total. The molecule has 0 radical (unpaired) electrons. The number of hydrogen-bond acceptors (Lipinski definition) is 1. The standard InChI is InChI=1S/C8H11N2/c1-9-10-7-8-5-3-2-4-6-8/h2-6,9H,7H2,1H3/q-1. The van der Waals surface area contributed by atoms with E-state index >= 15 is 0 Å². The molecule has 0 saturated heterocycles. The van der Waals surface area contributed by atoms with Gasteiger partial charge in [-0.2, -0.15) is 0 Å². The van der Waals surface area contributed by atoms with Gasteiger partial charge in [-0.3, -0.25) is 0 Å². The zero-order valence-electron chi connectivity index (χ0n) is 6.04. The third-order valence-corrected chi connectivity index (χ3v) is 1.26. The molecule has 0 saturated carbocycles. The van der Waals surface area contributed by atoms with Gasteiger partial charge in [0.2, 0.25) is 0 Å². The maximum atomic E-state index is 3.99. The summed E-state index contributed by atoms with van der Waals surface area (Å²) in [6, 6.07) is 10.1. The third-order valence-electron chi connectivity index (χ3n) is 1.26. The lowest BCUT2D eigenvalue weighted by Crippen LogP contribution is -1.98. The summed E-state index contributed by atoms with van der Waals surface area (Å²) in [5.41, 5.74) is 7.97. The van der Waals surface area contributed by atoms with Crippen LogP contribution in [0.4, 0.5) is 0 Å². The second kappa shape index (κ2) is 4.04. The molecule has 0 spiro atoms. The van der Waals surface area contributed by atoms with Crippen LogP contribution in [0.2, 0.25) is 0 Å². The van der Waals surface area contributed by atoms with Crippen LogP contribution in [0.15, 0.2) is 30.3 Å². The molecular weight excluding hydrogens is 124 g/mol. The minimum Gasteiger partial charge on any atom is -0.594 e. The molecule has 0 bridgehead atoms. The SMILES string of the molecule is CN[N-]Cc1ccccc1. The van der Waals surface area contributed by atoms with Gasteiger partial charge in [-0.25, -0.2) is 0 Å². The largest absolute Gasteiger partial charge is 0.594 e. The normalized spacial score (nSPS) is 9.70. The number of benzene rings is 1. The van der Waals surface area contributed by atoms with E-state index in [4.69, 9.17) is 0 Å². The minimum absolute atomic E-state index is 0.747. The Hall–Kier alpha value is -0.860. The highest BCUT2D eigenvalue weighted by atomic mass is 15.3. The van der Waals surface area contributed by atoms with Crippen molar-refractivity contribution in [1.29, 1.82) is 0 Å². The van der Waals surface area contributed by atoms with E-state index in [-0.39, 0.29) is 0 Å². The van der Waals surface area contributed by atoms with Crippen molar-refractivity contribution in [3.8, 4) is 0 Å². The predicted octanol–water partition coefficient (Wildman–Crippen LogP) is 1.69. The summed E-state index contributed by atoms with van der Waals surface area (Å²) in [7, 11) is 1.81. The maximum absolute atomic E-state index is 3.99. The lowest BCUT2D eigenvalue weighted by molar-refractivity contribution is 0.936. The molecule has 1 aromatic rings.